The van der Waals surface area contributed by atoms with Crippen molar-refractivity contribution in [2.24, 2.45) is 0 Å². The monoisotopic (exact) mass is 338 g/mol. The molecule has 3 rings (SSSR count). The van der Waals surface area contributed by atoms with Gasteiger partial charge in [0.2, 0.25) is 0 Å². The molecular formula is C21H26N2O2. The van der Waals surface area contributed by atoms with Gasteiger partial charge in [0.15, 0.2) is 6.61 Å². The van der Waals surface area contributed by atoms with Gasteiger partial charge in [-0.2, -0.15) is 0 Å². The van der Waals surface area contributed by atoms with Gasteiger partial charge in [0.1, 0.15) is 5.75 Å². The van der Waals surface area contributed by atoms with Crippen LogP contribution in [0.2, 0.25) is 0 Å². The first kappa shape index (κ1) is 17.3. The molecule has 1 fully saturated rings. The number of amides is 1. The van der Waals surface area contributed by atoms with Gasteiger partial charge in [-0.15, -0.1) is 0 Å². The van der Waals surface area contributed by atoms with E-state index in [2.05, 4.69) is 30.1 Å². The molecule has 1 aliphatic heterocycles. The number of nitrogens with one attached hydrogen (secondary N) is 1. The fourth-order valence-electron chi connectivity index (χ4n) is 3.10. The molecule has 132 valence electrons. The van der Waals surface area contributed by atoms with Gasteiger partial charge in [0.05, 0.1) is 11.4 Å². The van der Waals surface area contributed by atoms with E-state index < -0.39 is 0 Å². The summed E-state index contributed by atoms with van der Waals surface area (Å²) in [6.45, 7) is 6.41. The van der Waals surface area contributed by atoms with Crippen LogP contribution in [0.5, 0.6) is 5.75 Å². The van der Waals surface area contributed by atoms with Crippen molar-refractivity contribution in [3.05, 3.63) is 54.1 Å². The first-order valence-corrected chi connectivity index (χ1v) is 9.00. The Morgan fingerprint density at radius 1 is 1.08 bits per heavy atom. The molecule has 4 nitrogen and oxygen atoms in total. The molecule has 1 heterocycles. The Morgan fingerprint density at radius 2 is 1.76 bits per heavy atom. The van der Waals surface area contributed by atoms with Crippen molar-refractivity contribution in [2.75, 3.05) is 29.9 Å². The van der Waals surface area contributed by atoms with Gasteiger partial charge < -0.3 is 15.0 Å². The second-order valence-corrected chi connectivity index (χ2v) is 6.77. The first-order chi connectivity index (χ1) is 12.1. The molecule has 1 N–H and O–H groups in total. The molecule has 2 aromatic carbocycles. The Morgan fingerprint density at radius 3 is 2.44 bits per heavy atom. The van der Waals surface area contributed by atoms with E-state index in [-0.39, 0.29) is 12.5 Å². The Labute approximate surface area is 149 Å². The second-order valence-electron chi connectivity index (χ2n) is 6.77. The molecule has 1 aliphatic rings. The summed E-state index contributed by atoms with van der Waals surface area (Å²) >= 11 is 0. The molecule has 1 saturated heterocycles. The zero-order valence-corrected chi connectivity index (χ0v) is 15.0. The van der Waals surface area contributed by atoms with Crippen LogP contribution in [0.15, 0.2) is 48.5 Å². The van der Waals surface area contributed by atoms with Crippen molar-refractivity contribution in [1.29, 1.82) is 0 Å². The molecule has 0 radical (unpaired) electrons. The SMILES string of the molecule is CC(C)c1ccc(OCC(=O)Nc2ccccc2N2CCCC2)cc1. The van der Waals surface area contributed by atoms with Gasteiger partial charge in [-0.05, 0) is 48.6 Å². The Balaban J connectivity index is 1.57. The van der Waals surface area contributed by atoms with Crippen molar-refractivity contribution in [3.8, 4) is 5.75 Å². The molecule has 2 aromatic rings. The average Bonchev–Trinajstić information content (AvgIpc) is 3.15. The molecule has 4 heteroatoms. The summed E-state index contributed by atoms with van der Waals surface area (Å²) in [5, 5.41) is 2.98. The molecule has 1 amide bonds. The first-order valence-electron chi connectivity index (χ1n) is 9.00. The van der Waals surface area contributed by atoms with Gasteiger partial charge in [-0.25, -0.2) is 0 Å². The minimum atomic E-state index is -0.139. The Kier molecular flexibility index (Phi) is 5.59. The minimum absolute atomic E-state index is 0.00929. The van der Waals surface area contributed by atoms with Gasteiger partial charge in [-0.1, -0.05) is 38.1 Å². The summed E-state index contributed by atoms with van der Waals surface area (Å²) in [7, 11) is 0. The maximum absolute atomic E-state index is 12.3. The average molecular weight is 338 g/mol. The molecule has 0 atom stereocenters. The van der Waals surface area contributed by atoms with Crippen LogP contribution in [-0.2, 0) is 4.79 Å². The maximum Gasteiger partial charge on any atom is 0.262 e. The van der Waals surface area contributed by atoms with E-state index in [0.717, 1.165) is 24.5 Å². The van der Waals surface area contributed by atoms with Gasteiger partial charge in [0, 0.05) is 13.1 Å². The highest BCUT2D eigenvalue weighted by molar-refractivity contribution is 5.95. The minimum Gasteiger partial charge on any atom is -0.484 e. The van der Waals surface area contributed by atoms with E-state index in [9.17, 15) is 4.79 Å². The predicted molar refractivity (Wildman–Crippen MR) is 103 cm³/mol. The van der Waals surface area contributed by atoms with Crippen LogP contribution in [0.3, 0.4) is 0 Å². The molecule has 0 saturated carbocycles. The van der Waals surface area contributed by atoms with E-state index in [0.29, 0.717) is 11.7 Å². The third kappa shape index (κ3) is 4.53. The van der Waals surface area contributed by atoms with E-state index in [1.165, 1.54) is 18.4 Å². The fourth-order valence-corrected chi connectivity index (χ4v) is 3.10. The smallest absolute Gasteiger partial charge is 0.262 e. The third-order valence-corrected chi connectivity index (χ3v) is 4.54. The predicted octanol–water partition coefficient (Wildman–Crippen LogP) is 4.43. The van der Waals surface area contributed by atoms with Crippen LogP contribution in [-0.4, -0.2) is 25.6 Å². The summed E-state index contributed by atoms with van der Waals surface area (Å²) in [5.74, 6) is 1.06. The molecule has 25 heavy (non-hydrogen) atoms. The van der Waals surface area contributed by atoms with E-state index in [4.69, 9.17) is 4.74 Å². The number of benzene rings is 2. The van der Waals surface area contributed by atoms with Crippen molar-refractivity contribution >= 4 is 17.3 Å². The highest BCUT2D eigenvalue weighted by atomic mass is 16.5. The molecule has 0 spiro atoms. The van der Waals surface area contributed by atoms with Crippen LogP contribution in [0.1, 0.15) is 38.2 Å². The second kappa shape index (κ2) is 8.06. The molecule has 0 aromatic heterocycles. The van der Waals surface area contributed by atoms with Crippen molar-refractivity contribution in [1.82, 2.24) is 0 Å². The van der Waals surface area contributed by atoms with E-state index in [1.54, 1.807) is 0 Å². The Bertz CT molecular complexity index is 704. The van der Waals surface area contributed by atoms with Gasteiger partial charge in [-0.3, -0.25) is 4.79 Å². The third-order valence-electron chi connectivity index (χ3n) is 4.54. The fraction of sp³-hybridized carbons (Fsp3) is 0.381. The van der Waals surface area contributed by atoms with E-state index in [1.807, 2.05) is 42.5 Å². The lowest BCUT2D eigenvalue weighted by atomic mass is 10.0. The number of nitrogens with zero attached hydrogens (tertiary/aromatic N) is 1. The zero-order chi connectivity index (χ0) is 17.6. The maximum atomic E-state index is 12.3. The number of rotatable bonds is 6. The van der Waals surface area contributed by atoms with Crippen LogP contribution in [0.25, 0.3) is 0 Å². The van der Waals surface area contributed by atoms with Crippen molar-refractivity contribution in [2.45, 2.75) is 32.6 Å². The number of anilines is 2. The summed E-state index contributed by atoms with van der Waals surface area (Å²) in [6, 6.07) is 15.9. The summed E-state index contributed by atoms with van der Waals surface area (Å²) in [6.07, 6.45) is 2.41. The number of carbonyl (C=O) groups is 1. The lowest BCUT2D eigenvalue weighted by molar-refractivity contribution is -0.118. The van der Waals surface area contributed by atoms with Crippen LogP contribution < -0.4 is 15.0 Å². The van der Waals surface area contributed by atoms with Gasteiger partial charge in [0.25, 0.3) is 5.91 Å². The van der Waals surface area contributed by atoms with E-state index >= 15 is 0 Å². The number of carbonyl (C=O) groups excluding carboxylic acids is 1. The van der Waals surface area contributed by atoms with Crippen molar-refractivity contribution < 1.29 is 9.53 Å². The highest BCUT2D eigenvalue weighted by Gasteiger charge is 2.16. The van der Waals surface area contributed by atoms with Crippen LogP contribution in [0.4, 0.5) is 11.4 Å². The highest BCUT2D eigenvalue weighted by Crippen LogP contribution is 2.28. The number of hydrogen-bond acceptors (Lipinski definition) is 3. The summed E-state index contributed by atoms with van der Waals surface area (Å²) in [4.78, 5) is 14.6. The molecule has 0 aliphatic carbocycles. The lowest BCUT2D eigenvalue weighted by Gasteiger charge is -2.21. The molecular weight excluding hydrogens is 312 g/mol. The molecule has 0 unspecified atom stereocenters. The standard InChI is InChI=1S/C21H26N2O2/c1-16(2)17-9-11-18(12-10-17)25-15-21(24)22-19-7-3-4-8-20(19)23-13-5-6-14-23/h3-4,7-12,16H,5-6,13-15H2,1-2H3,(H,22,24). The quantitative estimate of drug-likeness (QED) is 0.847. The molecule has 0 bridgehead atoms. The van der Waals surface area contributed by atoms with Crippen molar-refractivity contribution in [3.63, 3.8) is 0 Å². The lowest BCUT2D eigenvalue weighted by Crippen LogP contribution is -2.24. The van der Waals surface area contributed by atoms with Crippen LogP contribution >= 0.6 is 0 Å². The largest absolute Gasteiger partial charge is 0.484 e. The van der Waals surface area contributed by atoms with Gasteiger partial charge >= 0.3 is 0 Å². The zero-order valence-electron chi connectivity index (χ0n) is 15.0. The Hall–Kier alpha value is -2.49. The number of hydrogen-bond donors (Lipinski definition) is 1. The topological polar surface area (TPSA) is 41.6 Å². The summed E-state index contributed by atoms with van der Waals surface area (Å²) in [5.41, 5.74) is 3.21. The summed E-state index contributed by atoms with van der Waals surface area (Å²) < 4.78 is 5.61. The number of para-hydroxylation sites is 2. The number of ether oxygens (including phenoxy) is 1. The van der Waals surface area contributed by atoms with Crippen LogP contribution in [0, 0.1) is 0 Å². The normalized spacial score (nSPS) is 14.0.